The van der Waals surface area contributed by atoms with E-state index in [-0.39, 0.29) is 18.6 Å². The summed E-state index contributed by atoms with van der Waals surface area (Å²) < 4.78 is 44.5. The van der Waals surface area contributed by atoms with E-state index in [0.717, 1.165) is 29.4 Å². The fourth-order valence-electron chi connectivity index (χ4n) is 4.43. The minimum Gasteiger partial charge on any atom is -0.465 e. The molecule has 2 aromatic rings. The van der Waals surface area contributed by atoms with Crippen molar-refractivity contribution in [2.24, 2.45) is 5.92 Å². The van der Waals surface area contributed by atoms with Gasteiger partial charge >= 0.3 is 12.1 Å². The molecule has 1 aromatic heterocycles. The van der Waals surface area contributed by atoms with E-state index in [1.54, 1.807) is 0 Å². The van der Waals surface area contributed by atoms with Crippen LogP contribution in [0.5, 0.6) is 0 Å². The van der Waals surface area contributed by atoms with Gasteiger partial charge in [0.25, 0.3) is 0 Å². The van der Waals surface area contributed by atoms with Gasteiger partial charge < -0.3 is 14.2 Å². The second kappa shape index (κ2) is 8.15. The van der Waals surface area contributed by atoms with Gasteiger partial charge in [-0.3, -0.25) is 0 Å². The summed E-state index contributed by atoms with van der Waals surface area (Å²) >= 11 is 0. The number of ether oxygens (including phenoxy) is 1. The summed E-state index contributed by atoms with van der Waals surface area (Å²) in [5.41, 5.74) is 2.46. The van der Waals surface area contributed by atoms with Crippen molar-refractivity contribution in [2.75, 3.05) is 26.7 Å². The Morgan fingerprint density at radius 3 is 2.50 bits per heavy atom. The smallest absolute Gasteiger partial charge is 0.390 e. The summed E-state index contributed by atoms with van der Waals surface area (Å²) in [5.74, 6) is 0.00348. The number of piperidine rings is 1. The Kier molecular flexibility index (Phi) is 6.03. The molecule has 1 aliphatic heterocycles. The fraction of sp³-hybridized carbons (Fsp3) is 0.571. The number of carbonyl (C=O) groups is 1. The van der Waals surface area contributed by atoms with Crippen molar-refractivity contribution in [1.82, 2.24) is 9.47 Å². The van der Waals surface area contributed by atoms with E-state index in [9.17, 15) is 18.0 Å². The summed E-state index contributed by atoms with van der Waals surface area (Å²) in [6.45, 7) is 5.49. The molecule has 28 heavy (non-hydrogen) atoms. The van der Waals surface area contributed by atoms with Gasteiger partial charge in [0.1, 0.15) is 0 Å². The quantitative estimate of drug-likeness (QED) is 0.670. The maximum Gasteiger partial charge on any atom is 0.390 e. The van der Waals surface area contributed by atoms with Crippen molar-refractivity contribution in [3.8, 4) is 0 Å². The number of rotatable bonds is 5. The number of methoxy groups -OCH3 is 1. The first-order valence-corrected chi connectivity index (χ1v) is 9.70. The van der Waals surface area contributed by atoms with Crippen molar-refractivity contribution in [3.63, 3.8) is 0 Å². The first-order valence-electron chi connectivity index (χ1n) is 9.70. The molecule has 1 unspecified atom stereocenters. The molecule has 1 saturated heterocycles. The first kappa shape index (κ1) is 20.7. The van der Waals surface area contributed by atoms with Gasteiger partial charge in [0.15, 0.2) is 0 Å². The first-order chi connectivity index (χ1) is 13.2. The summed E-state index contributed by atoms with van der Waals surface area (Å²) in [7, 11) is 1.38. The molecule has 154 valence electrons. The van der Waals surface area contributed by atoms with Crippen LogP contribution in [0.2, 0.25) is 0 Å². The van der Waals surface area contributed by atoms with Gasteiger partial charge in [0.2, 0.25) is 0 Å². The third kappa shape index (κ3) is 4.19. The Hall–Kier alpha value is -2.02. The fourth-order valence-corrected chi connectivity index (χ4v) is 4.43. The van der Waals surface area contributed by atoms with Crippen molar-refractivity contribution < 1.29 is 22.7 Å². The highest BCUT2D eigenvalue weighted by atomic mass is 19.4. The number of esters is 1. The minimum atomic E-state index is -4.10. The standard InChI is InChI=1S/C21H27F3N2O2/c1-14(16-8-11-25(12-9-16)13-10-21(22,23)24)26-15(2)19(20(27)28-3)17-6-4-5-7-18(17)26/h4-7,14,16H,8-13H2,1-3H3. The van der Waals surface area contributed by atoms with Gasteiger partial charge in [0.05, 0.1) is 19.1 Å². The molecule has 0 N–H and O–H groups in total. The van der Waals surface area contributed by atoms with E-state index >= 15 is 0 Å². The highest BCUT2D eigenvalue weighted by Gasteiger charge is 2.31. The van der Waals surface area contributed by atoms with Crippen molar-refractivity contribution in [1.29, 1.82) is 0 Å². The van der Waals surface area contributed by atoms with Gasteiger partial charge in [-0.05, 0) is 51.8 Å². The number of likely N-dealkylation sites (tertiary alicyclic amines) is 1. The maximum absolute atomic E-state index is 12.5. The number of halogens is 3. The monoisotopic (exact) mass is 396 g/mol. The van der Waals surface area contributed by atoms with Gasteiger partial charge in [-0.2, -0.15) is 13.2 Å². The lowest BCUT2D eigenvalue weighted by molar-refractivity contribution is -0.138. The van der Waals surface area contributed by atoms with Crippen molar-refractivity contribution in [3.05, 3.63) is 35.5 Å². The number of hydrogen-bond acceptors (Lipinski definition) is 3. The Morgan fingerprint density at radius 1 is 1.25 bits per heavy atom. The van der Waals surface area contributed by atoms with E-state index in [2.05, 4.69) is 11.5 Å². The van der Waals surface area contributed by atoms with Crippen LogP contribution >= 0.6 is 0 Å². The topological polar surface area (TPSA) is 34.5 Å². The molecule has 1 atom stereocenters. The Balaban J connectivity index is 1.79. The lowest BCUT2D eigenvalue weighted by atomic mass is 9.90. The Labute approximate surface area is 163 Å². The third-order valence-electron chi connectivity index (χ3n) is 5.98. The van der Waals surface area contributed by atoms with Crippen LogP contribution in [0.4, 0.5) is 13.2 Å². The number of fused-ring (bicyclic) bond motifs is 1. The van der Waals surface area contributed by atoms with Crippen LogP contribution in [-0.4, -0.2) is 48.4 Å². The van der Waals surface area contributed by atoms with Gasteiger partial charge in [-0.1, -0.05) is 18.2 Å². The van der Waals surface area contributed by atoms with Crippen LogP contribution < -0.4 is 0 Å². The van der Waals surface area contributed by atoms with Crippen LogP contribution in [0.15, 0.2) is 24.3 Å². The Morgan fingerprint density at radius 2 is 1.89 bits per heavy atom. The number of aromatic nitrogens is 1. The van der Waals surface area contributed by atoms with Gasteiger partial charge in [-0.25, -0.2) is 4.79 Å². The van der Waals surface area contributed by atoms with E-state index in [1.165, 1.54) is 7.11 Å². The average Bonchev–Trinajstić information content (AvgIpc) is 2.97. The second-order valence-electron chi connectivity index (χ2n) is 7.62. The summed E-state index contributed by atoms with van der Waals surface area (Å²) in [6.07, 6.45) is -3.16. The summed E-state index contributed by atoms with van der Waals surface area (Å²) in [4.78, 5) is 14.2. The van der Waals surface area contributed by atoms with E-state index in [1.807, 2.05) is 36.1 Å². The predicted molar refractivity (Wildman–Crippen MR) is 103 cm³/mol. The molecular formula is C21H27F3N2O2. The van der Waals surface area contributed by atoms with Crippen LogP contribution in [-0.2, 0) is 4.74 Å². The van der Waals surface area contributed by atoms with Crippen molar-refractivity contribution in [2.45, 2.75) is 45.3 Å². The zero-order valence-corrected chi connectivity index (χ0v) is 16.6. The highest BCUT2D eigenvalue weighted by Crippen LogP contribution is 2.36. The maximum atomic E-state index is 12.5. The Bertz CT molecular complexity index is 836. The molecule has 0 amide bonds. The molecule has 2 heterocycles. The number of nitrogens with zero attached hydrogens (tertiary/aromatic N) is 2. The lowest BCUT2D eigenvalue weighted by Gasteiger charge is -2.36. The molecule has 0 saturated carbocycles. The van der Waals surface area contributed by atoms with Crippen molar-refractivity contribution >= 4 is 16.9 Å². The molecule has 3 rings (SSSR count). The van der Waals surface area contributed by atoms with E-state index < -0.39 is 12.6 Å². The number of hydrogen-bond donors (Lipinski definition) is 0. The molecule has 4 nitrogen and oxygen atoms in total. The normalized spacial score (nSPS) is 17.8. The molecule has 0 radical (unpaired) electrons. The number of benzene rings is 1. The van der Waals surface area contributed by atoms with E-state index in [0.29, 0.717) is 24.6 Å². The number of carbonyl (C=O) groups excluding carboxylic acids is 1. The molecule has 1 aromatic carbocycles. The number of para-hydroxylation sites is 1. The third-order valence-corrected chi connectivity index (χ3v) is 5.98. The SMILES string of the molecule is COC(=O)c1c(C)n(C(C)C2CCN(CCC(F)(F)F)CC2)c2ccccc12. The molecule has 1 fully saturated rings. The van der Waals surface area contributed by atoms with E-state index in [4.69, 9.17) is 4.74 Å². The highest BCUT2D eigenvalue weighted by molar-refractivity contribution is 6.05. The average molecular weight is 396 g/mol. The molecular weight excluding hydrogens is 369 g/mol. The molecule has 7 heteroatoms. The summed E-state index contributed by atoms with van der Waals surface area (Å²) in [6, 6.07) is 7.93. The molecule has 0 spiro atoms. The molecule has 1 aliphatic rings. The van der Waals surface area contributed by atoms with Crippen LogP contribution in [0, 0.1) is 12.8 Å². The minimum absolute atomic E-state index is 0.0720. The zero-order chi connectivity index (χ0) is 20.5. The summed E-state index contributed by atoms with van der Waals surface area (Å²) in [5, 5.41) is 0.876. The molecule has 0 aliphatic carbocycles. The van der Waals surface area contributed by atoms with Gasteiger partial charge in [-0.15, -0.1) is 0 Å². The predicted octanol–water partition coefficient (Wildman–Crippen LogP) is 4.96. The van der Waals surface area contributed by atoms with Gasteiger partial charge in [0, 0.05) is 29.2 Å². The van der Waals surface area contributed by atoms with Crippen LogP contribution in [0.1, 0.15) is 48.3 Å². The van der Waals surface area contributed by atoms with Crippen LogP contribution in [0.3, 0.4) is 0 Å². The van der Waals surface area contributed by atoms with Crippen LogP contribution in [0.25, 0.3) is 10.9 Å². The lowest BCUT2D eigenvalue weighted by Crippen LogP contribution is -2.38. The second-order valence-corrected chi connectivity index (χ2v) is 7.62. The largest absolute Gasteiger partial charge is 0.465 e. The molecule has 0 bridgehead atoms. The number of alkyl halides is 3. The zero-order valence-electron chi connectivity index (χ0n) is 16.6.